The van der Waals surface area contributed by atoms with E-state index in [9.17, 15) is 10.2 Å². The highest BCUT2D eigenvalue weighted by molar-refractivity contribution is 4.85. The Kier molecular flexibility index (Phi) is 35.7. The lowest BCUT2D eigenvalue weighted by Gasteiger charge is -2.12. The van der Waals surface area contributed by atoms with Crippen molar-refractivity contribution in [2.45, 2.75) is 193 Å². The van der Waals surface area contributed by atoms with Crippen LogP contribution in [0.2, 0.25) is 0 Å². The predicted molar refractivity (Wildman–Crippen MR) is 194 cm³/mol. The van der Waals surface area contributed by atoms with Crippen molar-refractivity contribution in [1.29, 1.82) is 0 Å². The molecule has 3 atom stereocenters. The monoisotopic (exact) mass is 653 g/mol. The molecule has 0 radical (unpaired) electrons. The number of unbranched alkanes of at least 4 members (excludes halogenated alkanes) is 16. The van der Waals surface area contributed by atoms with Crippen LogP contribution >= 0.6 is 0 Å². The van der Waals surface area contributed by atoms with E-state index < -0.39 is 0 Å². The van der Waals surface area contributed by atoms with Gasteiger partial charge in [-0.1, -0.05) is 142 Å². The minimum absolute atomic E-state index is 0.165. The summed E-state index contributed by atoms with van der Waals surface area (Å²) in [6.07, 6.45) is 36.4. The van der Waals surface area contributed by atoms with Crippen molar-refractivity contribution < 1.29 is 29.8 Å². The van der Waals surface area contributed by atoms with Crippen LogP contribution in [-0.4, -0.2) is 42.2 Å². The van der Waals surface area contributed by atoms with E-state index in [0.29, 0.717) is 25.6 Å². The van der Waals surface area contributed by atoms with E-state index in [-0.39, 0.29) is 18.1 Å². The number of rotatable bonds is 37. The number of aliphatic hydroxyl groups is 2. The van der Waals surface area contributed by atoms with Crippen molar-refractivity contribution in [3.05, 3.63) is 36.6 Å². The molecule has 272 valence electrons. The Morgan fingerprint density at radius 2 is 1.04 bits per heavy atom. The average molecular weight is 653 g/mol. The van der Waals surface area contributed by atoms with Crippen molar-refractivity contribution >= 4 is 0 Å². The molecule has 0 bridgehead atoms. The summed E-state index contributed by atoms with van der Waals surface area (Å²) in [5.41, 5.74) is 0. The molecule has 0 saturated carbocycles. The molecule has 0 aliphatic carbocycles. The van der Waals surface area contributed by atoms with E-state index in [1.54, 1.807) is 0 Å². The highest BCUT2D eigenvalue weighted by atomic mass is 17.2. The standard InChI is InChI=1S/C40H76O6/c1-5-7-9-24-30-39(41)32-26-20-16-12-11-13-18-22-28-34-43-44-35-37(3)36-45-46-38(4)29-23-19-15-14-17-21-27-33-40(42)31-25-10-8-6-2/h20-21,26-27,37,39-42H,4-19,22-25,28-36H2,1-3H3/b26-20+,27-21+. The normalized spacial score (nSPS) is 13.9. The minimum Gasteiger partial charge on any atom is -0.393 e. The lowest BCUT2D eigenvalue weighted by molar-refractivity contribution is -0.315. The molecule has 0 aromatic rings. The van der Waals surface area contributed by atoms with Gasteiger partial charge in [0.25, 0.3) is 0 Å². The van der Waals surface area contributed by atoms with Crippen LogP contribution in [0.5, 0.6) is 0 Å². The Morgan fingerprint density at radius 3 is 1.61 bits per heavy atom. The Morgan fingerprint density at radius 1 is 0.565 bits per heavy atom. The zero-order valence-electron chi connectivity index (χ0n) is 30.6. The van der Waals surface area contributed by atoms with Gasteiger partial charge in [0.2, 0.25) is 0 Å². The molecule has 0 aromatic heterocycles. The third-order valence-corrected chi connectivity index (χ3v) is 8.32. The smallest absolute Gasteiger partial charge is 0.135 e. The maximum absolute atomic E-state index is 10.0. The molecule has 0 amide bonds. The second kappa shape index (κ2) is 36.7. The van der Waals surface area contributed by atoms with Crippen molar-refractivity contribution in [3.8, 4) is 0 Å². The minimum atomic E-state index is -0.179. The van der Waals surface area contributed by atoms with Crippen molar-refractivity contribution in [2.75, 3.05) is 19.8 Å². The van der Waals surface area contributed by atoms with Crippen LogP contribution in [-0.2, 0) is 19.6 Å². The van der Waals surface area contributed by atoms with E-state index in [1.165, 1.54) is 83.5 Å². The molecule has 0 heterocycles. The van der Waals surface area contributed by atoms with Crippen LogP contribution < -0.4 is 0 Å². The Balaban J connectivity index is 3.41. The lowest BCUT2D eigenvalue weighted by Crippen LogP contribution is -2.13. The van der Waals surface area contributed by atoms with Gasteiger partial charge in [-0.2, -0.15) is 4.89 Å². The number of hydrogen-bond donors (Lipinski definition) is 2. The largest absolute Gasteiger partial charge is 0.393 e. The van der Waals surface area contributed by atoms with Gasteiger partial charge in [-0.25, -0.2) is 9.78 Å². The van der Waals surface area contributed by atoms with Crippen molar-refractivity contribution in [3.63, 3.8) is 0 Å². The average Bonchev–Trinajstić information content (AvgIpc) is 3.04. The van der Waals surface area contributed by atoms with Crippen LogP contribution in [0.25, 0.3) is 0 Å². The summed E-state index contributed by atoms with van der Waals surface area (Å²) in [6, 6.07) is 0. The summed E-state index contributed by atoms with van der Waals surface area (Å²) in [4.78, 5) is 21.4. The van der Waals surface area contributed by atoms with Gasteiger partial charge in [-0.3, -0.25) is 0 Å². The van der Waals surface area contributed by atoms with Crippen LogP contribution in [0, 0.1) is 5.92 Å². The summed E-state index contributed by atoms with van der Waals surface area (Å²) in [6.45, 7) is 12.0. The fourth-order valence-corrected chi connectivity index (χ4v) is 5.21. The van der Waals surface area contributed by atoms with Gasteiger partial charge in [0, 0.05) is 12.3 Å². The first-order chi connectivity index (χ1) is 22.5. The zero-order valence-corrected chi connectivity index (χ0v) is 30.6. The van der Waals surface area contributed by atoms with Gasteiger partial charge >= 0.3 is 0 Å². The highest BCUT2D eigenvalue weighted by Crippen LogP contribution is 2.14. The molecule has 0 aromatic carbocycles. The summed E-state index contributed by atoms with van der Waals surface area (Å²) < 4.78 is 0. The van der Waals surface area contributed by atoms with Crippen LogP contribution in [0.4, 0.5) is 0 Å². The summed E-state index contributed by atoms with van der Waals surface area (Å²) in [7, 11) is 0. The molecule has 0 aliphatic heterocycles. The first-order valence-electron chi connectivity index (χ1n) is 19.4. The first kappa shape index (κ1) is 44.8. The van der Waals surface area contributed by atoms with E-state index in [0.717, 1.165) is 77.0 Å². The molecule has 0 spiro atoms. The topological polar surface area (TPSA) is 77.4 Å². The Hall–Kier alpha value is -1.18. The molecule has 0 fully saturated rings. The van der Waals surface area contributed by atoms with Gasteiger partial charge in [-0.15, -0.1) is 0 Å². The van der Waals surface area contributed by atoms with E-state index in [1.807, 2.05) is 6.92 Å². The Labute approximate surface area is 285 Å². The van der Waals surface area contributed by atoms with Gasteiger partial charge in [0.05, 0.1) is 32.0 Å². The van der Waals surface area contributed by atoms with Crippen LogP contribution in [0.3, 0.4) is 0 Å². The van der Waals surface area contributed by atoms with E-state index in [4.69, 9.17) is 19.6 Å². The lowest BCUT2D eigenvalue weighted by atomic mass is 10.1. The van der Waals surface area contributed by atoms with Crippen molar-refractivity contribution in [2.24, 2.45) is 5.92 Å². The first-order valence-corrected chi connectivity index (χ1v) is 19.4. The number of allylic oxidation sites excluding steroid dienone is 3. The van der Waals surface area contributed by atoms with Crippen LogP contribution in [0.15, 0.2) is 36.6 Å². The molecule has 6 heteroatoms. The molecule has 0 saturated heterocycles. The third kappa shape index (κ3) is 35.7. The third-order valence-electron chi connectivity index (χ3n) is 8.32. The predicted octanol–water partition coefficient (Wildman–Crippen LogP) is 11.7. The molecule has 3 unspecified atom stereocenters. The fraction of sp³-hybridized carbons (Fsp3) is 0.850. The molecule has 0 aliphatic rings. The zero-order chi connectivity index (χ0) is 33.8. The molecule has 0 rings (SSSR count). The number of hydrogen-bond acceptors (Lipinski definition) is 6. The maximum Gasteiger partial charge on any atom is 0.135 e. The van der Waals surface area contributed by atoms with Gasteiger partial charge in [-0.05, 0) is 64.2 Å². The summed E-state index contributed by atoms with van der Waals surface area (Å²) in [5.74, 6) is 0.850. The SMILES string of the molecule is C=C(CCCCCC/C=C/CC(O)CCCCCC)OOCC(C)COOCCCCCCCC/C=C/CC(O)CCCCCC. The Bertz CT molecular complexity index is 679. The molecule has 46 heavy (non-hydrogen) atoms. The van der Waals surface area contributed by atoms with Crippen molar-refractivity contribution in [1.82, 2.24) is 0 Å². The molecular weight excluding hydrogens is 576 g/mol. The van der Waals surface area contributed by atoms with Gasteiger partial charge < -0.3 is 15.1 Å². The maximum atomic E-state index is 10.0. The van der Waals surface area contributed by atoms with Crippen LogP contribution in [0.1, 0.15) is 181 Å². The van der Waals surface area contributed by atoms with Gasteiger partial charge in [0.1, 0.15) is 5.76 Å². The van der Waals surface area contributed by atoms with E-state index >= 15 is 0 Å². The fourth-order valence-electron chi connectivity index (χ4n) is 5.21. The number of aliphatic hydroxyl groups excluding tert-OH is 2. The molecule has 6 nitrogen and oxygen atoms in total. The molecule has 2 N–H and O–H groups in total. The van der Waals surface area contributed by atoms with E-state index in [2.05, 4.69) is 44.7 Å². The highest BCUT2D eigenvalue weighted by Gasteiger charge is 2.06. The summed E-state index contributed by atoms with van der Waals surface area (Å²) >= 11 is 0. The second-order valence-corrected chi connectivity index (χ2v) is 13.4. The summed E-state index contributed by atoms with van der Waals surface area (Å²) in [5, 5.41) is 20.0. The second-order valence-electron chi connectivity index (χ2n) is 13.4. The van der Waals surface area contributed by atoms with Gasteiger partial charge in [0.15, 0.2) is 0 Å². The quantitative estimate of drug-likeness (QED) is 0.0229. The molecular formula is C40H76O6.